The van der Waals surface area contributed by atoms with Crippen LogP contribution in [0.1, 0.15) is 10.4 Å². The van der Waals surface area contributed by atoms with E-state index in [1.807, 2.05) is 0 Å². The van der Waals surface area contributed by atoms with E-state index in [-0.39, 0.29) is 17.7 Å². The summed E-state index contributed by atoms with van der Waals surface area (Å²) in [5.74, 6) is -0.696. The van der Waals surface area contributed by atoms with E-state index in [0.717, 1.165) is 0 Å². The normalized spacial score (nSPS) is 13.5. The number of carbonyl (C=O) groups is 2. The number of para-hydroxylation sites is 1. The van der Waals surface area contributed by atoms with Crippen molar-refractivity contribution in [3.63, 3.8) is 0 Å². The van der Waals surface area contributed by atoms with Crippen LogP contribution in [0.4, 0.5) is 17.1 Å². The van der Waals surface area contributed by atoms with Crippen molar-refractivity contribution in [1.29, 1.82) is 0 Å². The fourth-order valence-corrected chi connectivity index (χ4v) is 2.84. The summed E-state index contributed by atoms with van der Waals surface area (Å²) >= 11 is 11.8. The van der Waals surface area contributed by atoms with Gasteiger partial charge in [0.1, 0.15) is 5.88 Å². The average Bonchev–Trinajstić information content (AvgIpc) is 2.62. The number of amides is 2. The van der Waals surface area contributed by atoms with Gasteiger partial charge in [-0.15, -0.1) is 11.6 Å². The molecule has 0 spiro atoms. The Morgan fingerprint density at radius 1 is 1.09 bits per heavy atom. The maximum absolute atomic E-state index is 12.7. The predicted molar refractivity (Wildman–Crippen MR) is 88.5 cm³/mol. The van der Waals surface area contributed by atoms with Crippen molar-refractivity contribution in [3.8, 4) is 0 Å². The fourth-order valence-electron chi connectivity index (χ4n) is 2.55. The largest absolute Gasteiger partial charge is 0.309 e. The quantitative estimate of drug-likeness (QED) is 0.743. The molecule has 1 aliphatic heterocycles. The first-order chi connectivity index (χ1) is 10.5. The Morgan fingerprint density at radius 2 is 1.82 bits per heavy atom. The Labute approximate surface area is 137 Å². The summed E-state index contributed by atoms with van der Waals surface area (Å²) in [5.41, 5.74) is 2.10. The number of benzene rings is 2. The van der Waals surface area contributed by atoms with Gasteiger partial charge in [-0.1, -0.05) is 23.7 Å². The Morgan fingerprint density at radius 3 is 2.55 bits per heavy atom. The highest BCUT2D eigenvalue weighted by atomic mass is 35.5. The average molecular weight is 335 g/mol. The molecule has 6 heteroatoms. The number of fused-ring (bicyclic) bond motifs is 2. The highest BCUT2D eigenvalue weighted by Crippen LogP contribution is 2.41. The highest BCUT2D eigenvalue weighted by molar-refractivity contribution is 6.33. The smallest absolute Gasteiger partial charge is 0.260 e. The Bertz CT molecular complexity index is 776. The van der Waals surface area contributed by atoms with Gasteiger partial charge in [-0.2, -0.15) is 0 Å². The lowest BCUT2D eigenvalue weighted by molar-refractivity contribution is -0.115. The number of hydrogen-bond acceptors (Lipinski definition) is 2. The predicted octanol–water partition coefficient (Wildman–Crippen LogP) is 3.83. The Hall–Kier alpha value is -2.04. The van der Waals surface area contributed by atoms with Crippen LogP contribution in [0.5, 0.6) is 0 Å². The van der Waals surface area contributed by atoms with Crippen molar-refractivity contribution in [3.05, 3.63) is 53.1 Å². The molecule has 0 fully saturated rings. The van der Waals surface area contributed by atoms with Gasteiger partial charge in [0.2, 0.25) is 5.91 Å². The summed E-state index contributed by atoms with van der Waals surface area (Å²) in [5, 5.41) is 0.489. The van der Waals surface area contributed by atoms with Gasteiger partial charge in [-0.3, -0.25) is 14.5 Å². The third-order valence-corrected chi connectivity index (χ3v) is 4.05. The molecule has 0 bridgehead atoms. The van der Waals surface area contributed by atoms with Gasteiger partial charge in [0.25, 0.3) is 5.91 Å². The van der Waals surface area contributed by atoms with Gasteiger partial charge in [-0.25, -0.2) is 0 Å². The van der Waals surface area contributed by atoms with E-state index in [2.05, 4.69) is 0 Å². The first-order valence-electron chi connectivity index (χ1n) is 6.60. The number of nitrogens with zero attached hydrogens (tertiary/aromatic N) is 2. The molecule has 22 heavy (non-hydrogen) atoms. The van der Waals surface area contributed by atoms with E-state index in [4.69, 9.17) is 23.2 Å². The standard InChI is InChI=1S/C16H12Cl2N2O2/c1-19-14-8-10(18)6-7-13(14)20(15(21)9-17)12-5-3-2-4-11(12)16(19)22/h2-8H,9H2,1H3. The van der Waals surface area contributed by atoms with Crippen molar-refractivity contribution in [2.75, 3.05) is 22.7 Å². The van der Waals surface area contributed by atoms with Crippen molar-refractivity contribution in [2.45, 2.75) is 0 Å². The van der Waals surface area contributed by atoms with E-state index >= 15 is 0 Å². The molecule has 112 valence electrons. The molecule has 1 heterocycles. The van der Waals surface area contributed by atoms with E-state index in [0.29, 0.717) is 27.6 Å². The number of rotatable bonds is 1. The van der Waals surface area contributed by atoms with Crippen LogP contribution in [0.15, 0.2) is 42.5 Å². The minimum absolute atomic E-state index is 0.186. The van der Waals surface area contributed by atoms with Gasteiger partial charge in [0.05, 0.1) is 22.6 Å². The second kappa shape index (κ2) is 5.63. The highest BCUT2D eigenvalue weighted by Gasteiger charge is 2.31. The van der Waals surface area contributed by atoms with Gasteiger partial charge in [0.15, 0.2) is 0 Å². The minimum atomic E-state index is -0.305. The van der Waals surface area contributed by atoms with Gasteiger partial charge < -0.3 is 4.90 Å². The van der Waals surface area contributed by atoms with E-state index in [1.165, 1.54) is 9.80 Å². The van der Waals surface area contributed by atoms with Crippen LogP contribution in [0.2, 0.25) is 5.02 Å². The Balaban J connectivity index is 2.35. The van der Waals surface area contributed by atoms with Crippen molar-refractivity contribution in [1.82, 2.24) is 0 Å². The number of anilines is 3. The molecule has 0 saturated carbocycles. The molecule has 0 radical (unpaired) electrons. The molecule has 1 aliphatic rings. The van der Waals surface area contributed by atoms with Crippen molar-refractivity contribution >= 4 is 52.1 Å². The summed E-state index contributed by atoms with van der Waals surface area (Å²) in [6, 6.07) is 12.0. The second-order valence-corrected chi connectivity index (χ2v) is 5.58. The van der Waals surface area contributed by atoms with E-state index < -0.39 is 0 Å². The SMILES string of the molecule is CN1C(=O)c2ccccc2N(C(=O)CCl)c2ccc(Cl)cc21. The third-order valence-electron chi connectivity index (χ3n) is 3.58. The van der Waals surface area contributed by atoms with Gasteiger partial charge >= 0.3 is 0 Å². The zero-order valence-corrected chi connectivity index (χ0v) is 13.2. The number of hydrogen-bond donors (Lipinski definition) is 0. The first-order valence-corrected chi connectivity index (χ1v) is 7.51. The molecule has 2 aromatic rings. The zero-order valence-electron chi connectivity index (χ0n) is 11.7. The molecule has 0 N–H and O–H groups in total. The van der Waals surface area contributed by atoms with Gasteiger partial charge in [-0.05, 0) is 30.3 Å². The first kappa shape index (κ1) is 14.9. The molecule has 0 aliphatic carbocycles. The van der Waals surface area contributed by atoms with Crippen LogP contribution in [0.3, 0.4) is 0 Å². The lowest BCUT2D eigenvalue weighted by Gasteiger charge is -2.24. The summed E-state index contributed by atoms with van der Waals surface area (Å²) in [6.07, 6.45) is 0. The van der Waals surface area contributed by atoms with Crippen molar-refractivity contribution in [2.24, 2.45) is 0 Å². The number of carbonyl (C=O) groups excluding carboxylic acids is 2. The molecule has 0 unspecified atom stereocenters. The van der Waals surface area contributed by atoms with E-state index in [1.54, 1.807) is 49.5 Å². The number of halogens is 2. The zero-order chi connectivity index (χ0) is 15.9. The van der Waals surface area contributed by atoms with Crippen molar-refractivity contribution < 1.29 is 9.59 Å². The minimum Gasteiger partial charge on any atom is -0.309 e. The molecular weight excluding hydrogens is 323 g/mol. The van der Waals surface area contributed by atoms with Crippen LogP contribution >= 0.6 is 23.2 Å². The van der Waals surface area contributed by atoms with Crippen LogP contribution in [-0.2, 0) is 4.79 Å². The Kier molecular flexibility index (Phi) is 3.81. The molecule has 0 saturated heterocycles. The summed E-state index contributed by atoms with van der Waals surface area (Å²) in [4.78, 5) is 28.0. The fraction of sp³-hybridized carbons (Fsp3) is 0.125. The summed E-state index contributed by atoms with van der Waals surface area (Å²) in [7, 11) is 1.66. The third kappa shape index (κ3) is 2.25. The second-order valence-electron chi connectivity index (χ2n) is 4.88. The summed E-state index contributed by atoms with van der Waals surface area (Å²) < 4.78 is 0. The molecule has 0 aromatic heterocycles. The molecule has 0 atom stereocenters. The van der Waals surface area contributed by atoms with Crippen LogP contribution in [0, 0.1) is 0 Å². The topological polar surface area (TPSA) is 40.6 Å². The van der Waals surface area contributed by atoms with Gasteiger partial charge in [0, 0.05) is 12.1 Å². The molecular formula is C16H12Cl2N2O2. The lowest BCUT2D eigenvalue weighted by Crippen LogP contribution is -2.27. The monoisotopic (exact) mass is 334 g/mol. The summed E-state index contributed by atoms with van der Waals surface area (Å²) in [6.45, 7) is 0. The molecule has 4 nitrogen and oxygen atoms in total. The number of alkyl halides is 1. The maximum atomic E-state index is 12.7. The van der Waals surface area contributed by atoms with E-state index in [9.17, 15) is 9.59 Å². The molecule has 2 amide bonds. The molecule has 3 rings (SSSR count). The van der Waals surface area contributed by atoms with Crippen LogP contribution in [0.25, 0.3) is 0 Å². The lowest BCUT2D eigenvalue weighted by atomic mass is 10.1. The van der Waals surface area contributed by atoms with Crippen LogP contribution < -0.4 is 9.80 Å². The van der Waals surface area contributed by atoms with Crippen LogP contribution in [-0.4, -0.2) is 24.7 Å². The maximum Gasteiger partial charge on any atom is 0.260 e. The molecule has 2 aromatic carbocycles.